The number of likely N-dealkylation sites (tertiary alicyclic amines) is 1. The summed E-state index contributed by atoms with van der Waals surface area (Å²) in [5.41, 5.74) is 0.587. The Morgan fingerprint density at radius 2 is 2.15 bits per heavy atom. The van der Waals surface area contributed by atoms with Crippen LogP contribution in [0.1, 0.15) is 23.2 Å². The lowest BCUT2D eigenvalue weighted by Gasteiger charge is -2.32. The highest BCUT2D eigenvalue weighted by Gasteiger charge is 2.25. The average Bonchev–Trinajstić information content (AvgIpc) is 2.47. The molecule has 1 aromatic rings. The molecule has 0 bridgehead atoms. The number of hydrogen-bond acceptors (Lipinski definition) is 3. The summed E-state index contributed by atoms with van der Waals surface area (Å²) in [5.74, 6) is 1.23. The van der Waals surface area contributed by atoms with Gasteiger partial charge in [0.2, 0.25) is 0 Å². The van der Waals surface area contributed by atoms with Crippen LogP contribution in [-0.2, 0) is 0 Å². The smallest absolute Gasteiger partial charge is 0.257 e. The molecule has 1 aliphatic rings. The molecule has 20 heavy (non-hydrogen) atoms. The highest BCUT2D eigenvalue weighted by Crippen LogP contribution is 2.26. The quantitative estimate of drug-likeness (QED) is 0.928. The first-order valence-electron chi connectivity index (χ1n) is 6.93. The second kappa shape index (κ2) is 6.95. The van der Waals surface area contributed by atoms with Gasteiger partial charge in [0.25, 0.3) is 5.91 Å². The molecule has 0 saturated carbocycles. The second-order valence-electron chi connectivity index (χ2n) is 5.14. The van der Waals surface area contributed by atoms with Gasteiger partial charge >= 0.3 is 0 Å². The van der Waals surface area contributed by atoms with E-state index in [4.69, 9.17) is 16.3 Å². The summed E-state index contributed by atoms with van der Waals surface area (Å²) in [6.07, 6.45) is 2.09. The Morgan fingerprint density at radius 3 is 2.75 bits per heavy atom. The van der Waals surface area contributed by atoms with Gasteiger partial charge in [-0.1, -0.05) is 11.6 Å². The fourth-order valence-corrected chi connectivity index (χ4v) is 2.80. The number of benzene rings is 1. The van der Waals surface area contributed by atoms with E-state index in [0.29, 0.717) is 22.3 Å². The molecule has 1 aromatic carbocycles. The van der Waals surface area contributed by atoms with Gasteiger partial charge in [-0.15, -0.1) is 0 Å². The van der Waals surface area contributed by atoms with Crippen LogP contribution in [0.15, 0.2) is 18.2 Å². The zero-order chi connectivity index (χ0) is 14.5. The van der Waals surface area contributed by atoms with Crippen LogP contribution in [-0.4, -0.2) is 44.6 Å². The van der Waals surface area contributed by atoms with Gasteiger partial charge in [0.05, 0.1) is 12.7 Å². The number of carbonyl (C=O) groups excluding carboxylic acids is 1. The van der Waals surface area contributed by atoms with Crippen molar-refractivity contribution >= 4 is 17.5 Å². The van der Waals surface area contributed by atoms with Crippen LogP contribution < -0.4 is 10.1 Å². The van der Waals surface area contributed by atoms with Crippen LogP contribution in [0.2, 0.25) is 5.02 Å². The molecule has 1 N–H and O–H groups in total. The summed E-state index contributed by atoms with van der Waals surface area (Å²) in [4.78, 5) is 14.4. The maximum absolute atomic E-state index is 12.5. The van der Waals surface area contributed by atoms with Crippen LogP contribution in [0, 0.1) is 5.92 Å². The van der Waals surface area contributed by atoms with E-state index >= 15 is 0 Å². The Hall–Kier alpha value is -1.26. The molecule has 1 heterocycles. The summed E-state index contributed by atoms with van der Waals surface area (Å²) >= 11 is 5.93. The minimum Gasteiger partial charge on any atom is -0.496 e. The molecule has 1 fully saturated rings. The number of nitrogens with one attached hydrogen (secondary N) is 1. The van der Waals surface area contributed by atoms with Crippen molar-refractivity contribution in [2.45, 2.75) is 12.8 Å². The molecule has 0 radical (unpaired) electrons. The van der Waals surface area contributed by atoms with Crippen molar-refractivity contribution in [3.8, 4) is 5.75 Å². The fraction of sp³-hybridized carbons (Fsp3) is 0.533. The van der Waals surface area contributed by atoms with Crippen LogP contribution >= 0.6 is 11.6 Å². The van der Waals surface area contributed by atoms with Gasteiger partial charge in [-0.2, -0.15) is 0 Å². The van der Waals surface area contributed by atoms with E-state index in [1.54, 1.807) is 25.3 Å². The molecule has 5 heteroatoms. The van der Waals surface area contributed by atoms with E-state index in [1.807, 2.05) is 11.9 Å². The van der Waals surface area contributed by atoms with Gasteiger partial charge < -0.3 is 15.0 Å². The van der Waals surface area contributed by atoms with E-state index < -0.39 is 0 Å². The van der Waals surface area contributed by atoms with Crippen LogP contribution in [0.25, 0.3) is 0 Å². The third-order valence-corrected chi connectivity index (χ3v) is 4.02. The average molecular weight is 297 g/mol. The zero-order valence-electron chi connectivity index (χ0n) is 12.0. The summed E-state index contributed by atoms with van der Waals surface area (Å²) in [6.45, 7) is 2.63. The molecule has 110 valence electrons. The first-order valence-corrected chi connectivity index (χ1v) is 7.31. The molecule has 0 spiro atoms. The number of ether oxygens (including phenoxy) is 1. The molecule has 1 saturated heterocycles. The third kappa shape index (κ3) is 3.44. The molecule has 0 unspecified atom stereocenters. The van der Waals surface area contributed by atoms with Crippen molar-refractivity contribution in [3.63, 3.8) is 0 Å². The predicted octanol–water partition coefficient (Wildman–Crippen LogP) is 2.42. The SMILES string of the molecule is CNCC1CCN(C(=O)c2ccc(Cl)cc2OC)CC1. The maximum Gasteiger partial charge on any atom is 0.257 e. The summed E-state index contributed by atoms with van der Waals surface area (Å²) in [5, 5.41) is 3.77. The molecule has 0 atom stereocenters. The van der Waals surface area contributed by atoms with Crippen molar-refractivity contribution in [3.05, 3.63) is 28.8 Å². The van der Waals surface area contributed by atoms with E-state index in [9.17, 15) is 4.79 Å². The van der Waals surface area contributed by atoms with Crippen molar-refractivity contribution < 1.29 is 9.53 Å². The Balaban J connectivity index is 2.05. The normalized spacial score (nSPS) is 16.2. The summed E-state index contributed by atoms with van der Waals surface area (Å²) in [6, 6.07) is 5.15. The van der Waals surface area contributed by atoms with Crippen molar-refractivity contribution in [1.29, 1.82) is 0 Å². The van der Waals surface area contributed by atoms with Crippen molar-refractivity contribution in [2.24, 2.45) is 5.92 Å². The number of piperidine rings is 1. The predicted molar refractivity (Wildman–Crippen MR) is 80.6 cm³/mol. The lowest BCUT2D eigenvalue weighted by Crippen LogP contribution is -2.40. The van der Waals surface area contributed by atoms with Crippen molar-refractivity contribution in [2.75, 3.05) is 33.8 Å². The maximum atomic E-state index is 12.5. The molecule has 1 amide bonds. The number of methoxy groups -OCH3 is 1. The Bertz CT molecular complexity index is 471. The molecule has 4 nitrogen and oxygen atoms in total. The Labute approximate surface area is 125 Å². The van der Waals surface area contributed by atoms with Crippen LogP contribution in [0.3, 0.4) is 0 Å². The number of amides is 1. The van der Waals surface area contributed by atoms with E-state index in [-0.39, 0.29) is 5.91 Å². The fourth-order valence-electron chi connectivity index (χ4n) is 2.64. The highest BCUT2D eigenvalue weighted by molar-refractivity contribution is 6.30. The minimum atomic E-state index is 0.0291. The van der Waals surface area contributed by atoms with Gasteiger partial charge in [0.15, 0.2) is 0 Å². The van der Waals surface area contributed by atoms with E-state index in [0.717, 1.165) is 32.5 Å². The van der Waals surface area contributed by atoms with E-state index in [2.05, 4.69) is 5.32 Å². The van der Waals surface area contributed by atoms with Crippen molar-refractivity contribution in [1.82, 2.24) is 10.2 Å². The lowest BCUT2D eigenvalue weighted by atomic mass is 9.96. The third-order valence-electron chi connectivity index (χ3n) is 3.79. The van der Waals surface area contributed by atoms with Gasteiger partial charge in [-0.25, -0.2) is 0 Å². The second-order valence-corrected chi connectivity index (χ2v) is 5.57. The highest BCUT2D eigenvalue weighted by atomic mass is 35.5. The number of rotatable bonds is 4. The largest absolute Gasteiger partial charge is 0.496 e. The van der Waals surface area contributed by atoms with Gasteiger partial charge in [-0.3, -0.25) is 4.79 Å². The zero-order valence-corrected chi connectivity index (χ0v) is 12.7. The summed E-state index contributed by atoms with van der Waals surface area (Å²) in [7, 11) is 3.53. The number of hydrogen-bond donors (Lipinski definition) is 1. The Morgan fingerprint density at radius 1 is 1.45 bits per heavy atom. The first kappa shape index (κ1) is 15.1. The van der Waals surface area contributed by atoms with Gasteiger partial charge in [0.1, 0.15) is 5.75 Å². The van der Waals surface area contributed by atoms with Gasteiger partial charge in [0, 0.05) is 18.1 Å². The molecular weight excluding hydrogens is 276 g/mol. The van der Waals surface area contributed by atoms with Crippen LogP contribution in [0.5, 0.6) is 5.75 Å². The number of carbonyl (C=O) groups is 1. The summed E-state index contributed by atoms with van der Waals surface area (Å²) < 4.78 is 5.26. The van der Waals surface area contributed by atoms with E-state index in [1.165, 1.54) is 0 Å². The monoisotopic (exact) mass is 296 g/mol. The first-order chi connectivity index (χ1) is 9.65. The van der Waals surface area contributed by atoms with Crippen LogP contribution in [0.4, 0.5) is 0 Å². The minimum absolute atomic E-state index is 0.0291. The number of nitrogens with zero attached hydrogens (tertiary/aromatic N) is 1. The Kier molecular flexibility index (Phi) is 5.26. The molecule has 1 aliphatic heterocycles. The molecular formula is C15H21ClN2O2. The lowest BCUT2D eigenvalue weighted by molar-refractivity contribution is 0.0687. The van der Waals surface area contributed by atoms with Gasteiger partial charge in [-0.05, 0) is 50.6 Å². The standard InChI is InChI=1S/C15H21ClN2O2/c1-17-10-11-5-7-18(8-6-11)15(19)13-4-3-12(16)9-14(13)20-2/h3-4,9,11,17H,5-8,10H2,1-2H3. The molecule has 2 rings (SSSR count). The molecule has 0 aliphatic carbocycles. The molecule has 0 aromatic heterocycles. The number of halogens is 1. The topological polar surface area (TPSA) is 41.6 Å².